The van der Waals surface area contributed by atoms with Crippen LogP contribution in [0, 0.1) is 0 Å². The van der Waals surface area contributed by atoms with Crippen molar-refractivity contribution in [3.05, 3.63) is 29.8 Å². The molecule has 2 N–H and O–H groups in total. The monoisotopic (exact) mass is 237 g/mol. The fraction of sp³-hybridized carbons (Fsp3) is 0.571. The predicted octanol–water partition coefficient (Wildman–Crippen LogP) is 2.51. The van der Waals surface area contributed by atoms with Crippen LogP contribution in [0.25, 0.3) is 0 Å². The van der Waals surface area contributed by atoms with Gasteiger partial charge in [-0.25, -0.2) is 0 Å². The van der Waals surface area contributed by atoms with Gasteiger partial charge in [-0.2, -0.15) is 0 Å². The van der Waals surface area contributed by atoms with Crippen LogP contribution in [0.5, 0.6) is 5.75 Å². The lowest BCUT2D eigenvalue weighted by Gasteiger charge is -2.24. The molecule has 1 unspecified atom stereocenters. The quantitative estimate of drug-likeness (QED) is 0.798. The minimum atomic E-state index is -0.699. The molecule has 0 saturated heterocycles. The Balaban J connectivity index is 2.79. The zero-order valence-electron chi connectivity index (χ0n) is 11.2. The van der Waals surface area contributed by atoms with Crippen molar-refractivity contribution in [2.45, 2.75) is 38.8 Å². The van der Waals surface area contributed by atoms with Gasteiger partial charge in [-0.15, -0.1) is 0 Å². The van der Waals surface area contributed by atoms with Gasteiger partial charge in [0.2, 0.25) is 0 Å². The minimum absolute atomic E-state index is 0.206. The van der Waals surface area contributed by atoms with Crippen LogP contribution in [0.3, 0.4) is 0 Å². The van der Waals surface area contributed by atoms with Crippen LogP contribution >= 0.6 is 0 Å². The van der Waals surface area contributed by atoms with Gasteiger partial charge < -0.3 is 15.2 Å². The van der Waals surface area contributed by atoms with E-state index in [1.165, 1.54) is 0 Å². The largest absolute Gasteiger partial charge is 0.496 e. The van der Waals surface area contributed by atoms with E-state index < -0.39 is 5.60 Å². The third-order valence-electron chi connectivity index (χ3n) is 2.70. The standard InChI is InChI=1S/C14H23NO2/c1-5-12(15-10-14(2,3)16)11-8-6-7-9-13(11)17-4/h6-9,12,15-16H,5,10H2,1-4H3. The number of para-hydroxylation sites is 1. The summed E-state index contributed by atoms with van der Waals surface area (Å²) in [6, 6.07) is 8.20. The second kappa shape index (κ2) is 6.03. The minimum Gasteiger partial charge on any atom is -0.496 e. The maximum Gasteiger partial charge on any atom is 0.123 e. The molecule has 96 valence electrons. The Bertz CT molecular complexity index is 344. The highest BCUT2D eigenvalue weighted by Gasteiger charge is 2.18. The Hall–Kier alpha value is -1.06. The highest BCUT2D eigenvalue weighted by atomic mass is 16.5. The van der Waals surface area contributed by atoms with Crippen molar-refractivity contribution in [1.29, 1.82) is 0 Å². The molecular weight excluding hydrogens is 214 g/mol. The van der Waals surface area contributed by atoms with Gasteiger partial charge in [0, 0.05) is 18.2 Å². The Morgan fingerprint density at radius 1 is 1.35 bits per heavy atom. The van der Waals surface area contributed by atoms with E-state index in [9.17, 15) is 5.11 Å². The van der Waals surface area contributed by atoms with Gasteiger partial charge in [-0.3, -0.25) is 0 Å². The number of ether oxygens (including phenoxy) is 1. The summed E-state index contributed by atoms with van der Waals surface area (Å²) >= 11 is 0. The van der Waals surface area contributed by atoms with Gasteiger partial charge in [-0.1, -0.05) is 25.1 Å². The Labute approximate surface area is 104 Å². The van der Waals surface area contributed by atoms with Gasteiger partial charge in [0.15, 0.2) is 0 Å². The molecular formula is C14H23NO2. The summed E-state index contributed by atoms with van der Waals surface area (Å²) in [5, 5.41) is 13.1. The van der Waals surface area contributed by atoms with E-state index in [4.69, 9.17) is 4.74 Å². The van der Waals surface area contributed by atoms with E-state index in [0.29, 0.717) is 6.54 Å². The summed E-state index contributed by atoms with van der Waals surface area (Å²) in [6.45, 7) is 6.28. The van der Waals surface area contributed by atoms with E-state index in [1.807, 2.05) is 18.2 Å². The maximum absolute atomic E-state index is 9.74. The smallest absolute Gasteiger partial charge is 0.123 e. The second-order valence-corrected chi connectivity index (χ2v) is 4.90. The fourth-order valence-corrected chi connectivity index (χ4v) is 1.80. The van der Waals surface area contributed by atoms with Crippen molar-refractivity contribution in [3.63, 3.8) is 0 Å². The first-order valence-corrected chi connectivity index (χ1v) is 6.06. The van der Waals surface area contributed by atoms with Crippen LogP contribution in [-0.2, 0) is 0 Å². The third kappa shape index (κ3) is 4.36. The van der Waals surface area contributed by atoms with Gasteiger partial charge in [0.1, 0.15) is 5.75 Å². The SMILES string of the molecule is CCC(NCC(C)(C)O)c1ccccc1OC. The second-order valence-electron chi connectivity index (χ2n) is 4.90. The Morgan fingerprint density at radius 3 is 2.53 bits per heavy atom. The molecule has 0 aromatic heterocycles. The lowest BCUT2D eigenvalue weighted by atomic mass is 10.0. The zero-order valence-corrected chi connectivity index (χ0v) is 11.2. The number of rotatable bonds is 6. The summed E-state index contributed by atoms with van der Waals surface area (Å²) in [5.74, 6) is 0.891. The lowest BCUT2D eigenvalue weighted by Crippen LogP contribution is -2.36. The van der Waals surface area contributed by atoms with Crippen molar-refractivity contribution in [2.24, 2.45) is 0 Å². The molecule has 17 heavy (non-hydrogen) atoms. The van der Waals surface area contributed by atoms with Crippen LogP contribution < -0.4 is 10.1 Å². The molecule has 3 heteroatoms. The number of methoxy groups -OCH3 is 1. The van der Waals surface area contributed by atoms with Gasteiger partial charge in [-0.05, 0) is 26.3 Å². The predicted molar refractivity (Wildman–Crippen MR) is 70.3 cm³/mol. The fourth-order valence-electron chi connectivity index (χ4n) is 1.80. The van der Waals surface area contributed by atoms with Gasteiger partial charge in [0.25, 0.3) is 0 Å². The number of benzene rings is 1. The molecule has 1 aromatic rings. The molecule has 0 fully saturated rings. The van der Waals surface area contributed by atoms with E-state index in [0.717, 1.165) is 17.7 Å². The first-order chi connectivity index (χ1) is 7.98. The topological polar surface area (TPSA) is 41.5 Å². The molecule has 0 amide bonds. The molecule has 1 rings (SSSR count). The molecule has 0 heterocycles. The van der Waals surface area contributed by atoms with E-state index in [1.54, 1.807) is 21.0 Å². The number of hydrogen-bond acceptors (Lipinski definition) is 3. The summed E-state index contributed by atoms with van der Waals surface area (Å²) in [7, 11) is 1.68. The van der Waals surface area contributed by atoms with Crippen LogP contribution in [0.1, 0.15) is 38.8 Å². The van der Waals surface area contributed by atoms with Crippen molar-refractivity contribution in [2.75, 3.05) is 13.7 Å². The molecule has 0 aliphatic rings. The van der Waals surface area contributed by atoms with Gasteiger partial charge >= 0.3 is 0 Å². The average Bonchev–Trinajstić information content (AvgIpc) is 2.29. The summed E-state index contributed by atoms with van der Waals surface area (Å²) in [4.78, 5) is 0. The molecule has 3 nitrogen and oxygen atoms in total. The summed E-state index contributed by atoms with van der Waals surface area (Å²) < 4.78 is 5.36. The highest BCUT2D eigenvalue weighted by molar-refractivity contribution is 5.35. The van der Waals surface area contributed by atoms with Crippen LogP contribution in [-0.4, -0.2) is 24.4 Å². The summed E-state index contributed by atoms with van der Waals surface area (Å²) in [5.41, 5.74) is 0.442. The van der Waals surface area contributed by atoms with Crippen molar-refractivity contribution < 1.29 is 9.84 Å². The molecule has 0 saturated carbocycles. The lowest BCUT2D eigenvalue weighted by molar-refractivity contribution is 0.0761. The number of aliphatic hydroxyl groups is 1. The Morgan fingerprint density at radius 2 is 2.00 bits per heavy atom. The third-order valence-corrected chi connectivity index (χ3v) is 2.70. The van der Waals surface area contributed by atoms with Gasteiger partial charge in [0.05, 0.1) is 12.7 Å². The first kappa shape index (κ1) is 14.0. The van der Waals surface area contributed by atoms with E-state index in [2.05, 4.69) is 18.3 Å². The molecule has 1 atom stereocenters. The van der Waals surface area contributed by atoms with Crippen molar-refractivity contribution in [1.82, 2.24) is 5.32 Å². The molecule has 0 aliphatic carbocycles. The van der Waals surface area contributed by atoms with Crippen molar-refractivity contribution in [3.8, 4) is 5.75 Å². The normalized spacial score (nSPS) is 13.5. The van der Waals surface area contributed by atoms with Crippen LogP contribution in [0.15, 0.2) is 24.3 Å². The average molecular weight is 237 g/mol. The van der Waals surface area contributed by atoms with Crippen LogP contribution in [0.2, 0.25) is 0 Å². The Kier molecular flexibility index (Phi) is 4.97. The molecule has 1 aromatic carbocycles. The molecule has 0 aliphatic heterocycles. The zero-order chi connectivity index (χ0) is 12.9. The van der Waals surface area contributed by atoms with Crippen molar-refractivity contribution >= 4 is 0 Å². The first-order valence-electron chi connectivity index (χ1n) is 6.06. The van der Waals surface area contributed by atoms with E-state index in [-0.39, 0.29) is 6.04 Å². The molecule has 0 bridgehead atoms. The summed E-state index contributed by atoms with van der Waals surface area (Å²) in [6.07, 6.45) is 0.955. The highest BCUT2D eigenvalue weighted by Crippen LogP contribution is 2.26. The maximum atomic E-state index is 9.74. The van der Waals surface area contributed by atoms with Crippen LogP contribution in [0.4, 0.5) is 0 Å². The molecule has 0 radical (unpaired) electrons. The number of hydrogen-bond donors (Lipinski definition) is 2. The molecule has 0 spiro atoms. The number of nitrogens with one attached hydrogen (secondary N) is 1. The van der Waals surface area contributed by atoms with E-state index >= 15 is 0 Å².